The molecule has 2 N–H and O–H groups in total. The van der Waals surface area contributed by atoms with Crippen LogP contribution in [0.4, 0.5) is 0 Å². The molecule has 0 aromatic heterocycles. The first-order valence-electron chi connectivity index (χ1n) is 35.0. The average molecular weight is 1390 g/mol. The monoisotopic (exact) mass is 1380 g/mol. The summed E-state index contributed by atoms with van der Waals surface area (Å²) in [4.78, 5) is 125. The SMILES string of the molecule is C=C(C)C(=O)OC1CCCC(NC(=O)C(Cc2ccccc2)N2C(=O)c3cc(Oc4ccccc4)c4c5c(Oc6ccccc6)cc6c7c(cc(Oc8ccccc8)c(c8c(Oc9ccccc9)cc(c3c48)C2=O)c75)C(=O)N(C(Cc2ccccc2)C(=O)NC2CCCC(OC(=O)C(=C)C)C2)C6=O)C1. The first-order valence-corrected chi connectivity index (χ1v) is 35.0. The van der Waals surface area contributed by atoms with Crippen molar-refractivity contribution in [2.24, 2.45) is 0 Å². The maximum Gasteiger partial charge on any atom is 0.333 e. The van der Waals surface area contributed by atoms with Gasteiger partial charge in [0.2, 0.25) is 11.8 Å². The Bertz CT molecular complexity index is 4730. The number of nitrogens with zero attached hydrogens (tertiary/aromatic N) is 2. The first-order chi connectivity index (χ1) is 50.5. The standard InChI is InChI=1S/C86H72N4O14/c1-49(2)85(97)103-59-39-23-29-53(43-59)87-79(91)65(41-51-25-11-5-12-26-51)89-81(93)61-45-67(99-55-31-15-7-16-32-55)73-75-69(101-57-35-19-9-20-36-57)47-63-72-64(84(96)90(83(63)95)66(42-52-27-13-6-14-28-52)80(92)88-54-30-24-40-60(44-54)104-86(98)50(3)4)48-70(102-58-37-21-10-22-38-58)76(78(72)75)74-68(100-56-33-17-8-18-34-56)46-62(82(89)94)71(61)77(73)74/h5-22,25-28,31-38,45-48,53-54,59-60,65-66H,1,3,23-24,29-30,39-44H2,2,4H3,(H,87,91)(H,88,92). The number of imide groups is 2. The number of rotatable bonds is 22. The summed E-state index contributed by atoms with van der Waals surface area (Å²) in [6.45, 7) is 10.6. The van der Waals surface area contributed by atoms with E-state index >= 15 is 28.8 Å². The largest absolute Gasteiger partial charge is 0.459 e. The number of hydrogen-bond donors (Lipinski definition) is 2. The third-order valence-electron chi connectivity index (χ3n) is 19.8. The van der Waals surface area contributed by atoms with E-state index in [1.807, 2.05) is 84.9 Å². The van der Waals surface area contributed by atoms with Crippen molar-refractivity contribution in [3.8, 4) is 46.0 Å². The molecule has 2 aliphatic heterocycles. The molecule has 6 amide bonds. The normalized spacial score (nSPS) is 17.7. The summed E-state index contributed by atoms with van der Waals surface area (Å²) in [5.74, 6) is -3.99. The number of para-hydroxylation sites is 4. The second-order valence-electron chi connectivity index (χ2n) is 27.1. The maximum atomic E-state index is 16.5. The van der Waals surface area contributed by atoms with Crippen molar-refractivity contribution in [1.82, 2.24) is 20.4 Å². The van der Waals surface area contributed by atoms with E-state index in [4.69, 9.17) is 28.4 Å². The van der Waals surface area contributed by atoms with Crippen LogP contribution >= 0.6 is 0 Å². The fourth-order valence-corrected chi connectivity index (χ4v) is 15.0. The van der Waals surface area contributed by atoms with Gasteiger partial charge in [-0.05, 0) is 136 Å². The zero-order valence-corrected chi connectivity index (χ0v) is 57.2. The van der Waals surface area contributed by atoms with Gasteiger partial charge in [0, 0.05) is 92.0 Å². The Labute approximate surface area is 599 Å². The Balaban J connectivity index is 0.991. The quantitative estimate of drug-likeness (QED) is 0.0212. The molecular formula is C86H72N4O14. The lowest BCUT2D eigenvalue weighted by molar-refractivity contribution is -0.147. The molecule has 520 valence electrons. The summed E-state index contributed by atoms with van der Waals surface area (Å²) in [6.07, 6.45) is 2.79. The average Bonchev–Trinajstić information content (AvgIpc) is 0.671. The van der Waals surface area contributed by atoms with Crippen molar-refractivity contribution in [1.29, 1.82) is 0 Å². The summed E-state index contributed by atoms with van der Waals surface area (Å²) < 4.78 is 40.2. The number of fused-ring (bicyclic) bond motifs is 2. The summed E-state index contributed by atoms with van der Waals surface area (Å²) >= 11 is 0. The second-order valence-corrected chi connectivity index (χ2v) is 27.1. The molecule has 0 saturated heterocycles. The third-order valence-corrected chi connectivity index (χ3v) is 19.8. The lowest BCUT2D eigenvalue weighted by Crippen LogP contribution is -2.56. The minimum Gasteiger partial charge on any atom is -0.459 e. The highest BCUT2D eigenvalue weighted by molar-refractivity contribution is 6.45. The number of nitrogens with one attached hydrogen (secondary N) is 2. The number of ether oxygens (including phenoxy) is 6. The van der Waals surface area contributed by atoms with Crippen LogP contribution in [-0.2, 0) is 41.5 Å². The molecule has 0 bridgehead atoms. The van der Waals surface area contributed by atoms with Gasteiger partial charge in [-0.2, -0.15) is 0 Å². The molecule has 2 saturated carbocycles. The lowest BCUT2D eigenvalue weighted by Gasteiger charge is -2.37. The maximum absolute atomic E-state index is 16.5. The van der Waals surface area contributed by atoms with Gasteiger partial charge in [0.25, 0.3) is 23.6 Å². The van der Waals surface area contributed by atoms with Crippen molar-refractivity contribution in [2.75, 3.05) is 0 Å². The smallest absolute Gasteiger partial charge is 0.333 e. The van der Waals surface area contributed by atoms with Crippen LogP contribution in [0.1, 0.15) is 118 Å². The van der Waals surface area contributed by atoms with E-state index in [0.29, 0.717) is 72.6 Å². The number of amides is 6. The van der Waals surface area contributed by atoms with Gasteiger partial charge in [0.15, 0.2) is 0 Å². The van der Waals surface area contributed by atoms with E-state index in [0.717, 1.165) is 9.80 Å². The Morgan fingerprint density at radius 3 is 0.923 bits per heavy atom. The minimum absolute atomic E-state index is 0.0162. The summed E-state index contributed by atoms with van der Waals surface area (Å²) in [6, 6.07) is 56.1. The highest BCUT2D eigenvalue weighted by Crippen LogP contribution is 2.58. The molecule has 2 fully saturated rings. The predicted octanol–water partition coefficient (Wildman–Crippen LogP) is 16.4. The van der Waals surface area contributed by atoms with E-state index in [-0.39, 0.29) is 125 Å². The van der Waals surface area contributed by atoms with Gasteiger partial charge in [-0.3, -0.25) is 38.6 Å². The highest BCUT2D eigenvalue weighted by Gasteiger charge is 2.47. The third kappa shape index (κ3) is 13.1. The number of benzene rings is 11. The van der Waals surface area contributed by atoms with Crippen LogP contribution in [0.5, 0.6) is 46.0 Å². The van der Waals surface area contributed by atoms with Gasteiger partial charge in [-0.1, -0.05) is 147 Å². The van der Waals surface area contributed by atoms with Crippen LogP contribution in [0.15, 0.2) is 231 Å². The van der Waals surface area contributed by atoms with Crippen molar-refractivity contribution in [3.63, 3.8) is 0 Å². The molecule has 6 unspecified atom stereocenters. The molecule has 18 nitrogen and oxygen atoms in total. The van der Waals surface area contributed by atoms with Gasteiger partial charge in [-0.15, -0.1) is 0 Å². The van der Waals surface area contributed by atoms with Crippen LogP contribution in [0.3, 0.4) is 0 Å². The van der Waals surface area contributed by atoms with Gasteiger partial charge >= 0.3 is 11.9 Å². The molecule has 11 aromatic rings. The first kappa shape index (κ1) is 67.4. The fourth-order valence-electron chi connectivity index (χ4n) is 15.0. The van der Waals surface area contributed by atoms with Crippen LogP contribution in [-0.4, -0.2) is 93.6 Å². The van der Waals surface area contributed by atoms with Crippen molar-refractivity contribution < 1.29 is 66.8 Å². The van der Waals surface area contributed by atoms with Crippen LogP contribution in [0.2, 0.25) is 0 Å². The predicted molar refractivity (Wildman–Crippen MR) is 393 cm³/mol. The molecule has 15 rings (SSSR count). The van der Waals surface area contributed by atoms with Gasteiger partial charge in [0.05, 0.1) is 22.3 Å². The zero-order valence-electron chi connectivity index (χ0n) is 57.2. The minimum atomic E-state index is -1.46. The van der Waals surface area contributed by atoms with Crippen molar-refractivity contribution in [2.45, 2.75) is 114 Å². The highest BCUT2D eigenvalue weighted by atomic mass is 16.5. The van der Waals surface area contributed by atoms with Crippen molar-refractivity contribution >= 4 is 90.5 Å². The fraction of sp³-hybridized carbons (Fsp3) is 0.209. The van der Waals surface area contributed by atoms with Crippen LogP contribution in [0, 0.1) is 0 Å². The molecule has 2 aliphatic carbocycles. The molecule has 104 heavy (non-hydrogen) atoms. The number of hydrogen-bond acceptors (Lipinski definition) is 14. The van der Waals surface area contributed by atoms with Crippen LogP contribution < -0.4 is 29.6 Å². The molecule has 4 aliphatic rings. The van der Waals surface area contributed by atoms with E-state index in [1.165, 1.54) is 0 Å². The molecule has 18 heteroatoms. The molecule has 0 spiro atoms. The Kier molecular flexibility index (Phi) is 18.5. The molecule has 0 radical (unpaired) electrons. The van der Waals surface area contributed by atoms with E-state index in [2.05, 4.69) is 23.8 Å². The Morgan fingerprint density at radius 1 is 0.385 bits per heavy atom. The molecule has 2 heterocycles. The Morgan fingerprint density at radius 2 is 0.654 bits per heavy atom. The van der Waals surface area contributed by atoms with Gasteiger partial charge in [0.1, 0.15) is 70.3 Å². The molecular weight excluding hydrogens is 1310 g/mol. The summed E-state index contributed by atoms with van der Waals surface area (Å²) in [5, 5.41) is 8.27. The Hall–Kier alpha value is -12.4. The van der Waals surface area contributed by atoms with E-state index in [9.17, 15) is 9.59 Å². The van der Waals surface area contributed by atoms with Crippen molar-refractivity contribution in [3.05, 3.63) is 264 Å². The number of carbonyl (C=O) groups excluding carboxylic acids is 8. The lowest BCUT2D eigenvalue weighted by atomic mass is 9.80. The topological polar surface area (TPSA) is 222 Å². The molecule has 6 atom stereocenters. The second kappa shape index (κ2) is 28.5. The summed E-state index contributed by atoms with van der Waals surface area (Å²) in [5.41, 5.74) is 1.73. The van der Waals surface area contributed by atoms with E-state index in [1.54, 1.807) is 135 Å². The zero-order chi connectivity index (χ0) is 71.9. The van der Waals surface area contributed by atoms with Gasteiger partial charge < -0.3 is 39.1 Å². The van der Waals surface area contributed by atoms with Crippen LogP contribution in [0.25, 0.3) is 43.1 Å². The van der Waals surface area contributed by atoms with E-state index < -0.39 is 83.8 Å². The summed E-state index contributed by atoms with van der Waals surface area (Å²) in [7, 11) is 0. The molecule has 11 aromatic carbocycles. The number of esters is 2. The number of carbonyl (C=O) groups is 8. The van der Waals surface area contributed by atoms with Gasteiger partial charge in [-0.25, -0.2) is 9.59 Å².